The minimum Gasteiger partial charge on any atom is -0.459 e. The van der Waals surface area contributed by atoms with Crippen molar-refractivity contribution >= 4 is 34.4 Å². The first-order valence-electron chi connectivity index (χ1n) is 10.8. The summed E-state index contributed by atoms with van der Waals surface area (Å²) in [7, 11) is 0. The molecule has 0 aliphatic carbocycles. The molecule has 8 heteroatoms. The topological polar surface area (TPSA) is 65.7 Å². The highest BCUT2D eigenvalue weighted by Gasteiger charge is 2.25. The van der Waals surface area contributed by atoms with Crippen LogP contribution in [0.25, 0.3) is 10.9 Å². The number of anilines is 1. The number of amides is 1. The first-order valence-corrected chi connectivity index (χ1v) is 12.0. The molecule has 3 aromatic rings. The van der Waals surface area contributed by atoms with Crippen LogP contribution >= 0.6 is 11.8 Å². The predicted molar refractivity (Wildman–Crippen MR) is 124 cm³/mol. The van der Waals surface area contributed by atoms with Gasteiger partial charge >= 0.3 is 0 Å². The van der Waals surface area contributed by atoms with E-state index in [2.05, 4.69) is 34.9 Å². The molecule has 162 valence electrons. The third-order valence-corrected chi connectivity index (χ3v) is 6.89. The number of hydrogen-bond acceptors (Lipinski definition) is 7. The zero-order chi connectivity index (χ0) is 21.2. The van der Waals surface area contributed by atoms with Crippen molar-refractivity contribution in [3.63, 3.8) is 0 Å². The highest BCUT2D eigenvalue weighted by atomic mass is 32.2. The molecule has 2 aliphatic rings. The maximum atomic E-state index is 12.5. The lowest BCUT2D eigenvalue weighted by Crippen LogP contribution is -2.48. The van der Waals surface area contributed by atoms with Crippen LogP contribution in [0.15, 0.2) is 41.0 Å². The largest absolute Gasteiger partial charge is 0.459 e. The summed E-state index contributed by atoms with van der Waals surface area (Å²) in [5.74, 6) is 4.57. The molecular weight excluding hydrogens is 410 g/mol. The fourth-order valence-corrected chi connectivity index (χ4v) is 5.13. The summed E-state index contributed by atoms with van der Waals surface area (Å²) in [6.07, 6.45) is 1.54. The second-order valence-electron chi connectivity index (χ2n) is 8.13. The van der Waals surface area contributed by atoms with E-state index in [1.54, 1.807) is 18.4 Å². The van der Waals surface area contributed by atoms with Crippen LogP contribution in [0.3, 0.4) is 0 Å². The average molecular weight is 438 g/mol. The normalized spacial score (nSPS) is 18.0. The Morgan fingerprint density at radius 2 is 1.87 bits per heavy atom. The van der Waals surface area contributed by atoms with Gasteiger partial charge in [-0.2, -0.15) is 11.8 Å². The maximum absolute atomic E-state index is 12.5. The first-order chi connectivity index (χ1) is 15.2. The molecule has 7 nitrogen and oxygen atoms in total. The van der Waals surface area contributed by atoms with Gasteiger partial charge in [-0.05, 0) is 31.2 Å². The van der Waals surface area contributed by atoms with E-state index < -0.39 is 0 Å². The number of furan rings is 1. The summed E-state index contributed by atoms with van der Waals surface area (Å²) in [6, 6.07) is 9.90. The monoisotopic (exact) mass is 437 g/mol. The van der Waals surface area contributed by atoms with Gasteiger partial charge in [0.25, 0.3) is 5.91 Å². The summed E-state index contributed by atoms with van der Waals surface area (Å²) in [5, 5.41) is 1.14. The van der Waals surface area contributed by atoms with Crippen LogP contribution in [0.4, 0.5) is 5.82 Å². The second kappa shape index (κ2) is 8.88. The Balaban J connectivity index is 1.32. The van der Waals surface area contributed by atoms with Gasteiger partial charge in [-0.15, -0.1) is 0 Å². The van der Waals surface area contributed by atoms with E-state index in [4.69, 9.17) is 14.4 Å². The van der Waals surface area contributed by atoms with Crippen LogP contribution in [0.5, 0.6) is 0 Å². The van der Waals surface area contributed by atoms with Crippen molar-refractivity contribution in [1.82, 2.24) is 19.8 Å². The number of carbonyl (C=O) groups excluding carboxylic acids is 1. The van der Waals surface area contributed by atoms with Crippen LogP contribution in [0.1, 0.15) is 21.9 Å². The number of fused-ring (bicyclic) bond motifs is 1. The Morgan fingerprint density at radius 1 is 1.06 bits per heavy atom. The van der Waals surface area contributed by atoms with Gasteiger partial charge in [0.2, 0.25) is 0 Å². The van der Waals surface area contributed by atoms with E-state index in [-0.39, 0.29) is 5.91 Å². The van der Waals surface area contributed by atoms with Gasteiger partial charge in [0, 0.05) is 56.2 Å². The van der Waals surface area contributed by atoms with Gasteiger partial charge in [0.15, 0.2) is 5.76 Å². The van der Waals surface area contributed by atoms with Crippen molar-refractivity contribution in [2.45, 2.75) is 13.5 Å². The Hall–Kier alpha value is -2.58. The number of piperazine rings is 1. The highest BCUT2D eigenvalue weighted by Crippen LogP contribution is 2.27. The zero-order valence-corrected chi connectivity index (χ0v) is 18.6. The molecule has 1 aromatic carbocycles. The van der Waals surface area contributed by atoms with E-state index in [0.717, 1.165) is 60.2 Å². The van der Waals surface area contributed by atoms with E-state index in [1.807, 2.05) is 16.7 Å². The molecule has 0 atom stereocenters. The standard InChI is InChI=1S/C23H27N5O2S/c1-17-4-5-19-18(15-17)22(27-10-13-31-14-11-27)25-21(24-19)16-26-6-8-28(9-7-26)23(29)20-3-2-12-30-20/h2-5,12,15H,6-11,13-14,16H2,1H3. The summed E-state index contributed by atoms with van der Waals surface area (Å²) in [5.41, 5.74) is 2.24. The lowest BCUT2D eigenvalue weighted by molar-refractivity contribution is 0.0595. The number of nitrogens with zero attached hydrogens (tertiary/aromatic N) is 5. The zero-order valence-electron chi connectivity index (χ0n) is 17.8. The molecular formula is C23H27N5O2S. The number of aromatic nitrogens is 2. The molecule has 0 spiro atoms. The van der Waals surface area contributed by atoms with E-state index >= 15 is 0 Å². The SMILES string of the molecule is Cc1ccc2nc(CN3CCN(C(=O)c4ccco4)CC3)nc(N3CCSCC3)c2c1. The average Bonchev–Trinajstić information content (AvgIpc) is 3.34. The Morgan fingerprint density at radius 3 is 2.61 bits per heavy atom. The van der Waals surface area contributed by atoms with Crippen molar-refractivity contribution in [1.29, 1.82) is 0 Å². The third kappa shape index (κ3) is 4.41. The molecule has 0 radical (unpaired) electrons. The molecule has 31 heavy (non-hydrogen) atoms. The van der Waals surface area contributed by atoms with E-state index in [1.165, 1.54) is 5.56 Å². The molecule has 4 heterocycles. The second-order valence-corrected chi connectivity index (χ2v) is 9.35. The molecule has 0 bridgehead atoms. The van der Waals surface area contributed by atoms with Gasteiger partial charge < -0.3 is 14.2 Å². The Kier molecular flexibility index (Phi) is 5.82. The lowest BCUT2D eigenvalue weighted by atomic mass is 10.1. The molecule has 0 saturated carbocycles. The van der Waals surface area contributed by atoms with Crippen LogP contribution in [-0.2, 0) is 6.54 Å². The van der Waals surface area contributed by atoms with Crippen molar-refractivity contribution in [2.24, 2.45) is 0 Å². The number of benzene rings is 1. The molecule has 2 fully saturated rings. The first kappa shape index (κ1) is 20.3. The van der Waals surface area contributed by atoms with Crippen molar-refractivity contribution in [3.8, 4) is 0 Å². The summed E-state index contributed by atoms with van der Waals surface area (Å²) >= 11 is 2.00. The Labute approximate surface area is 186 Å². The van der Waals surface area contributed by atoms with Gasteiger partial charge in [-0.1, -0.05) is 11.6 Å². The summed E-state index contributed by atoms with van der Waals surface area (Å²) in [6.45, 7) is 7.84. The smallest absolute Gasteiger partial charge is 0.289 e. The number of rotatable bonds is 4. The van der Waals surface area contributed by atoms with Crippen LogP contribution in [0.2, 0.25) is 0 Å². The van der Waals surface area contributed by atoms with E-state index in [9.17, 15) is 4.79 Å². The number of aryl methyl sites for hydroxylation is 1. The lowest BCUT2D eigenvalue weighted by Gasteiger charge is -2.34. The van der Waals surface area contributed by atoms with Gasteiger partial charge in [-0.3, -0.25) is 9.69 Å². The fraction of sp³-hybridized carbons (Fsp3) is 0.435. The summed E-state index contributed by atoms with van der Waals surface area (Å²) < 4.78 is 5.26. The number of carbonyl (C=O) groups is 1. The van der Waals surface area contributed by atoms with E-state index in [0.29, 0.717) is 25.4 Å². The van der Waals surface area contributed by atoms with Gasteiger partial charge in [0.05, 0.1) is 18.3 Å². The summed E-state index contributed by atoms with van der Waals surface area (Å²) in [4.78, 5) is 29.0. The van der Waals surface area contributed by atoms with Crippen LogP contribution in [-0.4, -0.2) is 76.4 Å². The quantitative estimate of drug-likeness (QED) is 0.622. The third-order valence-electron chi connectivity index (χ3n) is 5.94. The molecule has 2 aromatic heterocycles. The van der Waals surface area contributed by atoms with Crippen LogP contribution < -0.4 is 4.90 Å². The molecule has 5 rings (SSSR count). The predicted octanol–water partition coefficient (Wildman–Crippen LogP) is 3.04. The Bertz CT molecular complexity index is 1060. The molecule has 0 N–H and O–H groups in total. The molecule has 2 saturated heterocycles. The molecule has 0 unspecified atom stereocenters. The maximum Gasteiger partial charge on any atom is 0.289 e. The van der Waals surface area contributed by atoms with Gasteiger partial charge in [-0.25, -0.2) is 9.97 Å². The minimum absolute atomic E-state index is 0.0350. The van der Waals surface area contributed by atoms with Gasteiger partial charge in [0.1, 0.15) is 11.6 Å². The van der Waals surface area contributed by atoms with Crippen molar-refractivity contribution in [3.05, 3.63) is 53.7 Å². The van der Waals surface area contributed by atoms with Crippen molar-refractivity contribution < 1.29 is 9.21 Å². The molecule has 2 aliphatic heterocycles. The minimum atomic E-state index is -0.0350. The van der Waals surface area contributed by atoms with Crippen molar-refractivity contribution in [2.75, 3.05) is 55.7 Å². The molecule has 1 amide bonds. The van der Waals surface area contributed by atoms with Crippen LogP contribution in [0, 0.1) is 6.92 Å². The fourth-order valence-electron chi connectivity index (χ4n) is 4.23. The highest BCUT2D eigenvalue weighted by molar-refractivity contribution is 7.99. The number of hydrogen-bond donors (Lipinski definition) is 0. The number of thioether (sulfide) groups is 1.